The van der Waals surface area contributed by atoms with Crippen molar-refractivity contribution in [3.8, 4) is 5.75 Å². The molecule has 1 amide bonds. The number of hydrogen-bond donors (Lipinski definition) is 5. The lowest BCUT2D eigenvalue weighted by atomic mass is 10.1. The highest BCUT2D eigenvalue weighted by Crippen LogP contribution is 2.32. The normalized spacial score (nSPS) is 12.3. The number of aromatic amines is 1. The van der Waals surface area contributed by atoms with Crippen LogP contribution in [0.25, 0.3) is 10.8 Å². The summed E-state index contributed by atoms with van der Waals surface area (Å²) >= 11 is 0. The summed E-state index contributed by atoms with van der Waals surface area (Å²) in [6.07, 6.45) is 0. The molecule has 1 heterocycles. The third-order valence-electron chi connectivity index (χ3n) is 7.90. The van der Waals surface area contributed by atoms with Gasteiger partial charge in [0.1, 0.15) is 10.6 Å². The topological polar surface area (TPSA) is 251 Å². The number of H-pyrrole nitrogens is 1. The van der Waals surface area contributed by atoms with Gasteiger partial charge in [-0.05, 0) is 79.0 Å². The molecular formula is C36H30N8O9S2. The van der Waals surface area contributed by atoms with Gasteiger partial charge in [0.25, 0.3) is 16.0 Å². The van der Waals surface area contributed by atoms with Crippen LogP contribution >= 0.6 is 0 Å². The average Bonchev–Trinajstić information content (AvgIpc) is 3.14. The standard InChI is InChI=1S/C36H30N8O9S2/c1-21(45)31(33(46)38-28-9-5-6-10-30(28)53-2)44-43-24-14-18-26(19-15-24)54(48,49)25-16-12-23(13-17-25)37-34-40-35(42-36(47)41-34)39-29-20-11-22-7-3-4-8-27(22)32(29)55(50,51)52/h3-20,31H,1-2H3,(H,38,46)(H,50,51,52)(H3,37,39,40,41,42,47). The number of rotatable bonds is 13. The van der Waals surface area contributed by atoms with E-state index in [1.54, 1.807) is 48.5 Å². The first-order valence-electron chi connectivity index (χ1n) is 16.0. The maximum absolute atomic E-state index is 13.4. The van der Waals surface area contributed by atoms with Crippen molar-refractivity contribution in [2.24, 2.45) is 10.2 Å². The van der Waals surface area contributed by atoms with Gasteiger partial charge in [-0.2, -0.15) is 28.6 Å². The highest BCUT2D eigenvalue weighted by Gasteiger charge is 2.25. The summed E-state index contributed by atoms with van der Waals surface area (Å²) in [4.78, 5) is 47.2. The molecule has 19 heteroatoms. The molecule has 1 atom stereocenters. The van der Waals surface area contributed by atoms with Crippen LogP contribution in [0.15, 0.2) is 139 Å². The Morgan fingerprint density at radius 1 is 0.800 bits per heavy atom. The number of ketones is 1. The van der Waals surface area contributed by atoms with Gasteiger partial charge in [-0.15, -0.1) is 0 Å². The van der Waals surface area contributed by atoms with Crippen molar-refractivity contribution < 1.29 is 35.7 Å². The summed E-state index contributed by atoms with van der Waals surface area (Å²) in [6, 6.07) is 25.6. The number of para-hydroxylation sites is 2. The van der Waals surface area contributed by atoms with Crippen molar-refractivity contribution in [3.05, 3.63) is 120 Å². The van der Waals surface area contributed by atoms with Crippen LogP contribution < -0.4 is 26.4 Å². The van der Waals surface area contributed by atoms with E-state index in [2.05, 4.69) is 41.1 Å². The van der Waals surface area contributed by atoms with Gasteiger partial charge in [0.05, 0.1) is 34.0 Å². The van der Waals surface area contributed by atoms with E-state index >= 15 is 0 Å². The number of carbonyl (C=O) groups is 2. The van der Waals surface area contributed by atoms with Crippen LogP contribution in [-0.4, -0.2) is 61.2 Å². The summed E-state index contributed by atoms with van der Waals surface area (Å²) < 4.78 is 66.6. The van der Waals surface area contributed by atoms with Gasteiger partial charge in [-0.25, -0.2) is 13.2 Å². The van der Waals surface area contributed by atoms with Gasteiger partial charge in [0.2, 0.25) is 27.8 Å². The smallest absolute Gasteiger partial charge is 0.351 e. The Bertz CT molecular complexity index is 2740. The molecule has 6 rings (SSSR count). The van der Waals surface area contributed by atoms with Crippen LogP contribution in [0.3, 0.4) is 0 Å². The summed E-state index contributed by atoms with van der Waals surface area (Å²) in [7, 11) is -7.30. The van der Waals surface area contributed by atoms with Gasteiger partial charge in [0.15, 0.2) is 5.78 Å². The molecule has 6 aromatic rings. The third kappa shape index (κ3) is 8.70. The number of Topliss-reactive ketones (excluding diaryl/α,β-unsaturated/α-hetero) is 1. The summed E-state index contributed by atoms with van der Waals surface area (Å²) in [6.45, 7) is 1.20. The molecule has 0 saturated heterocycles. The van der Waals surface area contributed by atoms with Crippen molar-refractivity contribution in [2.45, 2.75) is 27.7 Å². The maximum Gasteiger partial charge on any atom is 0.351 e. The van der Waals surface area contributed by atoms with Gasteiger partial charge < -0.3 is 20.7 Å². The summed E-state index contributed by atoms with van der Waals surface area (Å²) in [5, 5.41) is 16.8. The second-order valence-corrected chi connectivity index (χ2v) is 15.0. The number of amides is 1. The molecule has 1 aromatic heterocycles. The van der Waals surface area contributed by atoms with Crippen molar-refractivity contribution in [3.63, 3.8) is 0 Å². The lowest BCUT2D eigenvalue weighted by Gasteiger charge is -2.13. The number of anilines is 5. The Morgan fingerprint density at radius 2 is 1.45 bits per heavy atom. The maximum atomic E-state index is 13.4. The molecule has 5 aromatic carbocycles. The van der Waals surface area contributed by atoms with Crippen molar-refractivity contribution in [1.29, 1.82) is 0 Å². The van der Waals surface area contributed by atoms with Gasteiger partial charge >= 0.3 is 5.69 Å². The van der Waals surface area contributed by atoms with Crippen LogP contribution in [0.1, 0.15) is 6.92 Å². The van der Waals surface area contributed by atoms with Crippen LogP contribution in [0.2, 0.25) is 0 Å². The fourth-order valence-corrected chi connectivity index (χ4v) is 7.43. The number of methoxy groups -OCH3 is 1. The van der Waals surface area contributed by atoms with Crippen molar-refractivity contribution in [2.75, 3.05) is 23.1 Å². The number of carbonyl (C=O) groups excluding carboxylic acids is 2. The van der Waals surface area contributed by atoms with Gasteiger partial charge in [0, 0.05) is 11.1 Å². The number of benzene rings is 5. The van der Waals surface area contributed by atoms with Crippen LogP contribution in [0, 0.1) is 0 Å². The monoisotopic (exact) mass is 782 g/mol. The fourth-order valence-electron chi connectivity index (χ4n) is 5.31. The van der Waals surface area contributed by atoms with E-state index in [-0.39, 0.29) is 38.4 Å². The largest absolute Gasteiger partial charge is 0.495 e. The summed E-state index contributed by atoms with van der Waals surface area (Å²) in [5.41, 5.74) is -0.0516. The molecule has 55 heavy (non-hydrogen) atoms. The third-order valence-corrected chi connectivity index (χ3v) is 10.6. The first-order chi connectivity index (χ1) is 26.2. The number of hydrogen-bond acceptors (Lipinski definition) is 14. The van der Waals surface area contributed by atoms with E-state index in [0.717, 1.165) is 0 Å². The Labute approximate surface area is 313 Å². The van der Waals surface area contributed by atoms with Crippen molar-refractivity contribution in [1.82, 2.24) is 15.0 Å². The van der Waals surface area contributed by atoms with E-state index in [1.165, 1.54) is 74.7 Å². The van der Waals surface area contributed by atoms with E-state index in [0.29, 0.717) is 22.5 Å². The molecule has 0 aliphatic heterocycles. The highest BCUT2D eigenvalue weighted by atomic mass is 32.2. The highest BCUT2D eigenvalue weighted by molar-refractivity contribution is 7.91. The summed E-state index contributed by atoms with van der Waals surface area (Å²) in [5.74, 6) is -1.30. The first kappa shape index (κ1) is 37.9. The number of azo groups is 1. The number of fused-ring (bicyclic) bond motifs is 1. The number of nitrogens with zero attached hydrogens (tertiary/aromatic N) is 4. The van der Waals surface area contributed by atoms with E-state index < -0.39 is 48.3 Å². The van der Waals surface area contributed by atoms with Gasteiger partial charge in [-0.1, -0.05) is 42.5 Å². The molecule has 0 bridgehead atoms. The number of ether oxygens (including phenoxy) is 1. The lowest BCUT2D eigenvalue weighted by Crippen LogP contribution is -2.31. The Kier molecular flexibility index (Phi) is 10.8. The zero-order chi connectivity index (χ0) is 39.3. The van der Waals surface area contributed by atoms with E-state index in [9.17, 15) is 35.8 Å². The molecule has 1 unspecified atom stereocenters. The SMILES string of the molecule is COc1ccccc1NC(=O)C(N=Nc1ccc(S(=O)(=O)c2ccc(Nc3nc(Nc4ccc5ccccc5c4S(=O)(=O)O)nc(=O)[nH]3)cc2)cc1)C(C)=O. The number of sulfone groups is 1. The lowest BCUT2D eigenvalue weighted by molar-refractivity contribution is -0.126. The molecule has 0 radical (unpaired) electrons. The Hall–Kier alpha value is -6.83. The molecule has 17 nitrogen and oxygen atoms in total. The molecule has 0 aliphatic rings. The number of aromatic nitrogens is 3. The second-order valence-electron chi connectivity index (χ2n) is 11.7. The average molecular weight is 783 g/mol. The molecule has 5 N–H and O–H groups in total. The second kappa shape index (κ2) is 15.6. The molecule has 0 saturated carbocycles. The fraction of sp³-hybridized carbons (Fsp3) is 0.0833. The predicted molar refractivity (Wildman–Crippen MR) is 202 cm³/mol. The minimum atomic E-state index is -4.72. The van der Waals surface area contributed by atoms with Crippen molar-refractivity contribution >= 4 is 77.1 Å². The quantitative estimate of drug-likeness (QED) is 0.0546. The van der Waals surface area contributed by atoms with Crippen LogP contribution in [0.4, 0.5) is 34.6 Å². The van der Waals surface area contributed by atoms with E-state index in [1.807, 2.05) is 0 Å². The first-order valence-corrected chi connectivity index (χ1v) is 19.0. The molecule has 0 spiro atoms. The number of nitrogens with one attached hydrogen (secondary N) is 4. The zero-order valence-corrected chi connectivity index (χ0v) is 30.4. The Balaban J connectivity index is 1.15. The molecule has 0 fully saturated rings. The van der Waals surface area contributed by atoms with Gasteiger partial charge in [-0.3, -0.25) is 19.1 Å². The van der Waals surface area contributed by atoms with Crippen LogP contribution in [-0.2, 0) is 29.5 Å². The minimum Gasteiger partial charge on any atom is -0.495 e. The molecule has 280 valence electrons. The minimum absolute atomic E-state index is 0.0651. The van der Waals surface area contributed by atoms with E-state index in [4.69, 9.17) is 4.74 Å². The Morgan fingerprint density at radius 3 is 2.13 bits per heavy atom. The van der Waals surface area contributed by atoms with Crippen LogP contribution in [0.5, 0.6) is 5.75 Å². The molecular weight excluding hydrogens is 753 g/mol. The zero-order valence-electron chi connectivity index (χ0n) is 28.8. The predicted octanol–water partition coefficient (Wildman–Crippen LogP) is 5.57. The molecule has 0 aliphatic carbocycles.